The maximum Gasteiger partial charge on any atom is 0.153 e. The third-order valence-corrected chi connectivity index (χ3v) is 8.64. The van der Waals surface area contributed by atoms with Crippen molar-refractivity contribution in [1.29, 1.82) is 0 Å². The van der Waals surface area contributed by atoms with Gasteiger partial charge < -0.3 is 14.6 Å². The number of rotatable bonds is 7. The number of aryl methyl sites for hydroxylation is 2. The molecule has 236 valence electrons. The molecule has 0 unspecified atom stereocenters. The van der Waals surface area contributed by atoms with Crippen molar-refractivity contribution in [2.75, 3.05) is 0 Å². The second-order valence-corrected chi connectivity index (χ2v) is 12.0. The van der Waals surface area contributed by atoms with Crippen LogP contribution >= 0.6 is 0 Å². The van der Waals surface area contributed by atoms with Crippen LogP contribution in [-0.2, 0) is 0 Å². The van der Waals surface area contributed by atoms with Gasteiger partial charge in [0.05, 0.1) is 16.7 Å². The Labute approximate surface area is 284 Å². The SMILES string of the molecule is Cc1ccc2cccc(Oc3c(-c4ccccc4)c(O)c(-c4ccccc4)c(Oc4cccc5ccc(C)nc45)c3-c3ccccc3)c2n1. The van der Waals surface area contributed by atoms with Crippen LogP contribution in [0.1, 0.15) is 11.4 Å². The fourth-order valence-corrected chi connectivity index (χ4v) is 6.33. The van der Waals surface area contributed by atoms with Crippen molar-refractivity contribution in [2.24, 2.45) is 0 Å². The summed E-state index contributed by atoms with van der Waals surface area (Å²) in [4.78, 5) is 9.74. The van der Waals surface area contributed by atoms with E-state index < -0.39 is 0 Å². The van der Waals surface area contributed by atoms with Gasteiger partial charge in [-0.25, -0.2) is 9.97 Å². The number of phenols is 1. The van der Waals surface area contributed by atoms with Crippen molar-refractivity contribution < 1.29 is 14.6 Å². The van der Waals surface area contributed by atoms with E-state index >= 15 is 0 Å². The lowest BCUT2D eigenvalue weighted by Crippen LogP contribution is -2.01. The van der Waals surface area contributed by atoms with Crippen LogP contribution in [0.4, 0.5) is 0 Å². The molecule has 6 aromatic carbocycles. The number of hydrogen-bond acceptors (Lipinski definition) is 5. The summed E-state index contributed by atoms with van der Waals surface area (Å²) in [6.07, 6.45) is 0. The molecule has 0 amide bonds. The monoisotopic (exact) mass is 636 g/mol. The van der Waals surface area contributed by atoms with Crippen molar-refractivity contribution >= 4 is 21.8 Å². The minimum absolute atomic E-state index is 0.0378. The minimum Gasteiger partial charge on any atom is -0.506 e. The standard InChI is InChI=1S/C44H32N2O3/c1-28-24-26-33-20-12-22-35(40(33)45-28)48-43-37(30-14-6-3-7-15-30)42(47)38(31-16-8-4-9-17-31)44(39(43)32-18-10-5-11-19-32)49-36-23-13-21-34-27-25-29(2)46-41(34)36/h3-27,47H,1-2H3. The van der Waals surface area contributed by atoms with Gasteiger partial charge in [-0.05, 0) is 54.8 Å². The number of fused-ring (bicyclic) bond motifs is 2. The summed E-state index contributed by atoms with van der Waals surface area (Å²) < 4.78 is 14.1. The quantitative estimate of drug-likeness (QED) is 0.189. The first-order valence-corrected chi connectivity index (χ1v) is 16.2. The van der Waals surface area contributed by atoms with E-state index in [0.717, 1.165) is 49.9 Å². The molecule has 0 saturated carbocycles. The zero-order valence-corrected chi connectivity index (χ0v) is 27.1. The summed E-state index contributed by atoms with van der Waals surface area (Å²) in [6, 6.07) is 49.6. The lowest BCUT2D eigenvalue weighted by molar-refractivity contribution is 0.445. The zero-order chi connectivity index (χ0) is 33.3. The molecule has 0 bridgehead atoms. The van der Waals surface area contributed by atoms with Gasteiger partial charge in [0.15, 0.2) is 23.0 Å². The molecular weight excluding hydrogens is 604 g/mol. The van der Waals surface area contributed by atoms with E-state index in [4.69, 9.17) is 19.4 Å². The van der Waals surface area contributed by atoms with Crippen LogP contribution in [0.2, 0.25) is 0 Å². The molecule has 1 N–H and O–H groups in total. The van der Waals surface area contributed by atoms with Crippen molar-refractivity contribution in [3.63, 3.8) is 0 Å². The van der Waals surface area contributed by atoms with E-state index in [1.54, 1.807) is 0 Å². The predicted octanol–water partition coefficient (Wildman–Crippen LogP) is 11.7. The largest absolute Gasteiger partial charge is 0.506 e. The molecule has 2 aromatic heterocycles. The third kappa shape index (κ3) is 5.62. The Bertz CT molecular complexity index is 2310. The van der Waals surface area contributed by atoms with Crippen LogP contribution in [0.3, 0.4) is 0 Å². The Hall–Kier alpha value is -6.46. The lowest BCUT2D eigenvalue weighted by Gasteiger charge is -2.25. The number of pyridine rings is 2. The maximum absolute atomic E-state index is 12.6. The number of hydrogen-bond donors (Lipinski definition) is 1. The Morgan fingerprint density at radius 3 is 1.20 bits per heavy atom. The first-order chi connectivity index (χ1) is 24.0. The van der Waals surface area contributed by atoms with Gasteiger partial charge in [-0.2, -0.15) is 0 Å². The number of ether oxygens (including phenoxy) is 2. The molecule has 8 rings (SSSR count). The Kier molecular flexibility index (Phi) is 7.71. The number of phenolic OH excluding ortho intramolecular Hbond substituents is 1. The van der Waals surface area contributed by atoms with Crippen LogP contribution in [0.25, 0.3) is 55.2 Å². The summed E-state index contributed by atoms with van der Waals surface area (Å²) in [6.45, 7) is 3.93. The number of benzene rings is 6. The van der Waals surface area contributed by atoms with Crippen molar-refractivity contribution in [1.82, 2.24) is 9.97 Å². The topological polar surface area (TPSA) is 64.5 Å². The average molecular weight is 637 g/mol. The second kappa shape index (κ2) is 12.6. The normalized spacial score (nSPS) is 11.1. The number of nitrogens with zero attached hydrogens (tertiary/aromatic N) is 2. The lowest BCUT2D eigenvalue weighted by atomic mass is 9.89. The molecule has 0 aliphatic rings. The highest BCUT2D eigenvalue weighted by Gasteiger charge is 2.30. The molecule has 2 heterocycles. The van der Waals surface area contributed by atoms with Crippen molar-refractivity contribution in [3.05, 3.63) is 163 Å². The van der Waals surface area contributed by atoms with Gasteiger partial charge in [-0.3, -0.25) is 0 Å². The van der Waals surface area contributed by atoms with Gasteiger partial charge in [0, 0.05) is 22.2 Å². The molecule has 0 atom stereocenters. The summed E-state index contributed by atoms with van der Waals surface area (Å²) in [5.41, 5.74) is 7.42. The predicted molar refractivity (Wildman–Crippen MR) is 198 cm³/mol. The van der Waals surface area contributed by atoms with Gasteiger partial charge in [0.2, 0.25) is 0 Å². The molecule has 0 fully saturated rings. The molecule has 0 spiro atoms. The summed E-state index contributed by atoms with van der Waals surface area (Å²) in [7, 11) is 0. The van der Waals surface area contributed by atoms with Gasteiger partial charge in [-0.15, -0.1) is 0 Å². The molecule has 5 heteroatoms. The number of aromatic hydroxyl groups is 1. The van der Waals surface area contributed by atoms with Crippen LogP contribution in [0, 0.1) is 13.8 Å². The van der Waals surface area contributed by atoms with Crippen molar-refractivity contribution in [2.45, 2.75) is 13.8 Å². The molecule has 0 saturated heterocycles. The molecule has 0 aliphatic carbocycles. The first kappa shape index (κ1) is 29.9. The van der Waals surface area contributed by atoms with E-state index in [9.17, 15) is 5.11 Å². The Morgan fingerprint density at radius 1 is 0.408 bits per heavy atom. The van der Waals surface area contributed by atoms with Gasteiger partial charge in [0.1, 0.15) is 16.8 Å². The third-order valence-electron chi connectivity index (χ3n) is 8.64. The molecular formula is C44H32N2O3. The highest BCUT2D eigenvalue weighted by molar-refractivity contribution is 6.00. The van der Waals surface area contributed by atoms with E-state index in [2.05, 4.69) is 0 Å². The average Bonchev–Trinajstić information content (AvgIpc) is 3.13. The second-order valence-electron chi connectivity index (χ2n) is 12.0. The van der Waals surface area contributed by atoms with E-state index in [-0.39, 0.29) is 5.75 Å². The zero-order valence-electron chi connectivity index (χ0n) is 27.1. The molecule has 8 aromatic rings. The van der Waals surface area contributed by atoms with Crippen LogP contribution in [0.5, 0.6) is 28.7 Å². The summed E-state index contributed by atoms with van der Waals surface area (Å²) in [5, 5.41) is 14.5. The fourth-order valence-electron chi connectivity index (χ4n) is 6.33. The summed E-state index contributed by atoms with van der Waals surface area (Å²) >= 11 is 0. The first-order valence-electron chi connectivity index (χ1n) is 16.2. The Morgan fingerprint density at radius 2 is 0.796 bits per heavy atom. The van der Waals surface area contributed by atoms with Gasteiger partial charge in [0.25, 0.3) is 0 Å². The van der Waals surface area contributed by atoms with Gasteiger partial charge in [-0.1, -0.05) is 127 Å². The van der Waals surface area contributed by atoms with Crippen LogP contribution in [0.15, 0.2) is 152 Å². The Balaban J connectivity index is 1.52. The van der Waals surface area contributed by atoms with E-state index in [1.165, 1.54) is 0 Å². The van der Waals surface area contributed by atoms with E-state index in [1.807, 2.05) is 166 Å². The summed E-state index contributed by atoms with van der Waals surface area (Å²) in [5.74, 6) is 2.07. The highest BCUT2D eigenvalue weighted by atomic mass is 16.5. The maximum atomic E-state index is 12.6. The van der Waals surface area contributed by atoms with Gasteiger partial charge >= 0.3 is 0 Å². The highest BCUT2D eigenvalue weighted by Crippen LogP contribution is 2.58. The molecule has 49 heavy (non-hydrogen) atoms. The minimum atomic E-state index is 0.0378. The van der Waals surface area contributed by atoms with Crippen molar-refractivity contribution in [3.8, 4) is 62.1 Å². The molecule has 0 radical (unpaired) electrons. The van der Waals surface area contributed by atoms with Crippen LogP contribution < -0.4 is 9.47 Å². The van der Waals surface area contributed by atoms with E-state index in [0.29, 0.717) is 39.7 Å². The smallest absolute Gasteiger partial charge is 0.153 e. The number of para-hydroxylation sites is 2. The number of aromatic nitrogens is 2. The fraction of sp³-hybridized carbons (Fsp3) is 0.0455. The molecule has 0 aliphatic heterocycles. The molecule has 5 nitrogen and oxygen atoms in total. The van der Waals surface area contributed by atoms with Crippen LogP contribution in [-0.4, -0.2) is 15.1 Å².